The largest absolute Gasteiger partial charge is 0.383 e. The van der Waals surface area contributed by atoms with Gasteiger partial charge in [-0.25, -0.2) is 26.4 Å². The molecule has 6 aromatic rings. The van der Waals surface area contributed by atoms with Gasteiger partial charge in [-0.05, 0) is 55.3 Å². The number of ketones is 1. The third-order valence-corrected chi connectivity index (χ3v) is 8.80. The number of hydrogen-bond acceptors (Lipinski definition) is 6. The van der Waals surface area contributed by atoms with E-state index in [1.165, 1.54) is 29.1 Å². The van der Waals surface area contributed by atoms with Gasteiger partial charge < -0.3 is 10.7 Å². The highest BCUT2D eigenvalue weighted by Crippen LogP contribution is 2.48. The van der Waals surface area contributed by atoms with Crippen LogP contribution in [-0.4, -0.2) is 37.9 Å². The van der Waals surface area contributed by atoms with Crippen molar-refractivity contribution < 1.29 is 17.6 Å². The maximum Gasteiger partial charge on any atom is 0.268 e. The fourth-order valence-corrected chi connectivity index (χ4v) is 6.34. The molecule has 11 heteroatoms. The Hall–Kier alpha value is -4.77. The smallest absolute Gasteiger partial charge is 0.268 e. The molecular formula is C28H21FN6O3S. The lowest BCUT2D eigenvalue weighted by atomic mass is 10.1. The first kappa shape index (κ1) is 23.4. The molecule has 194 valence electrons. The second kappa shape index (κ2) is 8.11. The van der Waals surface area contributed by atoms with Gasteiger partial charge in [-0.2, -0.15) is 5.10 Å². The molecule has 1 fully saturated rings. The maximum atomic E-state index is 14.5. The summed E-state index contributed by atoms with van der Waals surface area (Å²) in [5, 5.41) is 4.91. The minimum Gasteiger partial charge on any atom is -0.383 e. The number of nitrogen functional groups attached to an aromatic ring is 1. The SMILES string of the molecule is Nc1c(C(=O)c2cc3ccccc3n2S(=O)(=O)c2ccccc2)cnn1-c1ccc2nc(C3(F)CC3)[nH]c2c1. The van der Waals surface area contributed by atoms with Crippen molar-refractivity contribution >= 4 is 43.6 Å². The van der Waals surface area contributed by atoms with Crippen molar-refractivity contribution in [1.29, 1.82) is 0 Å². The molecule has 1 aliphatic carbocycles. The molecule has 0 bridgehead atoms. The van der Waals surface area contributed by atoms with Crippen molar-refractivity contribution in [2.45, 2.75) is 23.4 Å². The van der Waals surface area contributed by atoms with Crippen molar-refractivity contribution in [2.75, 3.05) is 5.73 Å². The molecule has 0 spiro atoms. The molecule has 7 rings (SSSR count). The number of imidazole rings is 1. The first-order valence-electron chi connectivity index (χ1n) is 12.3. The molecule has 0 amide bonds. The van der Waals surface area contributed by atoms with Crippen LogP contribution >= 0.6 is 0 Å². The van der Waals surface area contributed by atoms with Gasteiger partial charge >= 0.3 is 0 Å². The number of aromatic amines is 1. The average Bonchev–Trinajstić information content (AvgIpc) is 3.28. The number of hydrogen-bond donors (Lipinski definition) is 2. The quantitative estimate of drug-likeness (QED) is 0.295. The number of H-pyrrole nitrogens is 1. The number of carbonyl (C=O) groups excluding carboxylic acids is 1. The summed E-state index contributed by atoms with van der Waals surface area (Å²) in [7, 11) is -4.11. The second-order valence-corrected chi connectivity index (χ2v) is 11.4. The monoisotopic (exact) mass is 540 g/mol. The van der Waals surface area contributed by atoms with Crippen molar-refractivity contribution in [3.8, 4) is 5.69 Å². The standard InChI is InChI=1S/C28H21FN6O3S/c29-28(12-13-28)27-32-21-11-10-18(15-22(21)33-27)34-26(30)20(16-31-34)25(36)24-14-17-6-4-5-9-23(17)35(24)39(37,38)19-7-2-1-3-8-19/h1-11,14-16H,12-13,30H2,(H,32,33). The van der Waals surface area contributed by atoms with Crippen molar-refractivity contribution in [3.63, 3.8) is 0 Å². The summed E-state index contributed by atoms with van der Waals surface area (Å²) in [6, 6.07) is 21.5. The third kappa shape index (κ3) is 3.57. The van der Waals surface area contributed by atoms with Crippen LogP contribution in [0.15, 0.2) is 90.0 Å². The van der Waals surface area contributed by atoms with Crippen LogP contribution in [0.2, 0.25) is 0 Å². The first-order valence-corrected chi connectivity index (χ1v) is 13.7. The molecule has 3 N–H and O–H groups in total. The van der Waals surface area contributed by atoms with E-state index in [0.717, 1.165) is 3.97 Å². The molecule has 39 heavy (non-hydrogen) atoms. The van der Waals surface area contributed by atoms with Gasteiger partial charge in [0, 0.05) is 5.39 Å². The van der Waals surface area contributed by atoms with Crippen molar-refractivity contribution in [2.24, 2.45) is 0 Å². The van der Waals surface area contributed by atoms with Crippen molar-refractivity contribution in [3.05, 3.63) is 102 Å². The fraction of sp³-hybridized carbons (Fsp3) is 0.107. The number of benzene rings is 3. The highest BCUT2D eigenvalue weighted by atomic mass is 32.2. The number of nitrogens with zero attached hydrogens (tertiary/aromatic N) is 4. The molecule has 0 unspecified atom stereocenters. The number of nitrogens with one attached hydrogen (secondary N) is 1. The Balaban J connectivity index is 1.33. The molecule has 3 heterocycles. The Kier molecular flexibility index (Phi) is 4.86. The Morgan fingerprint density at radius 1 is 1.00 bits per heavy atom. The van der Waals surface area contributed by atoms with Crippen LogP contribution in [0.1, 0.15) is 34.7 Å². The van der Waals surface area contributed by atoms with E-state index >= 15 is 0 Å². The van der Waals surface area contributed by atoms with Crippen LogP contribution in [-0.2, 0) is 15.7 Å². The van der Waals surface area contributed by atoms with Gasteiger partial charge in [-0.15, -0.1) is 0 Å². The summed E-state index contributed by atoms with van der Waals surface area (Å²) in [5.74, 6) is -0.254. The summed E-state index contributed by atoms with van der Waals surface area (Å²) in [4.78, 5) is 21.3. The topological polar surface area (TPSA) is 129 Å². The number of rotatable bonds is 6. The number of alkyl halides is 1. The van der Waals surface area contributed by atoms with E-state index in [2.05, 4.69) is 15.1 Å². The molecule has 3 aromatic heterocycles. The molecule has 1 saturated carbocycles. The summed E-state index contributed by atoms with van der Waals surface area (Å²) >= 11 is 0. The van der Waals surface area contributed by atoms with Gasteiger partial charge in [0.15, 0.2) is 5.67 Å². The fourth-order valence-electron chi connectivity index (χ4n) is 4.81. The molecule has 3 aromatic carbocycles. The van der Waals surface area contributed by atoms with Crippen LogP contribution in [0, 0.1) is 0 Å². The molecule has 0 aliphatic heterocycles. The lowest BCUT2D eigenvalue weighted by Crippen LogP contribution is -2.19. The minimum atomic E-state index is -4.11. The van der Waals surface area contributed by atoms with Gasteiger partial charge in [0.05, 0.1) is 38.9 Å². The highest BCUT2D eigenvalue weighted by Gasteiger charge is 2.48. The Bertz CT molecular complexity index is 2040. The lowest BCUT2D eigenvalue weighted by Gasteiger charge is -2.11. The summed E-state index contributed by atoms with van der Waals surface area (Å²) < 4.78 is 44.3. The lowest BCUT2D eigenvalue weighted by molar-refractivity contribution is 0.103. The number of para-hydroxylation sites is 1. The summed E-state index contributed by atoms with van der Waals surface area (Å²) in [5.41, 5.74) is 7.12. The number of nitrogens with two attached hydrogens (primary N) is 1. The van der Waals surface area contributed by atoms with E-state index in [9.17, 15) is 17.6 Å². The minimum absolute atomic E-state index is 0.0390. The maximum absolute atomic E-state index is 14.5. The Morgan fingerprint density at radius 2 is 1.74 bits per heavy atom. The van der Waals surface area contributed by atoms with E-state index in [1.54, 1.807) is 60.7 Å². The first-order chi connectivity index (χ1) is 18.8. The van der Waals surface area contributed by atoms with Gasteiger partial charge in [-0.3, -0.25) is 4.79 Å². The Labute approximate surface area is 221 Å². The number of anilines is 1. The van der Waals surface area contributed by atoms with Crippen LogP contribution in [0.4, 0.5) is 10.2 Å². The zero-order valence-electron chi connectivity index (χ0n) is 20.4. The van der Waals surface area contributed by atoms with Gasteiger partial charge in [-0.1, -0.05) is 36.4 Å². The third-order valence-electron chi connectivity index (χ3n) is 7.06. The predicted octanol–water partition coefficient (Wildman–Crippen LogP) is 4.71. The van der Waals surface area contributed by atoms with Gasteiger partial charge in [0.2, 0.25) is 5.78 Å². The van der Waals surface area contributed by atoms with Crippen molar-refractivity contribution in [1.82, 2.24) is 23.7 Å². The van der Waals surface area contributed by atoms with E-state index in [-0.39, 0.29) is 22.0 Å². The zero-order valence-corrected chi connectivity index (χ0v) is 21.2. The van der Waals surface area contributed by atoms with Crippen LogP contribution in [0.3, 0.4) is 0 Å². The average molecular weight is 541 g/mol. The Morgan fingerprint density at radius 3 is 2.51 bits per heavy atom. The van der Waals surface area contributed by atoms with E-state index in [0.29, 0.717) is 46.3 Å². The van der Waals surface area contributed by atoms with Crippen LogP contribution in [0.25, 0.3) is 27.6 Å². The molecular weight excluding hydrogens is 519 g/mol. The number of halogens is 1. The number of aromatic nitrogens is 5. The predicted molar refractivity (Wildman–Crippen MR) is 144 cm³/mol. The van der Waals surface area contributed by atoms with Crippen LogP contribution in [0.5, 0.6) is 0 Å². The van der Waals surface area contributed by atoms with E-state index < -0.39 is 21.5 Å². The molecule has 0 radical (unpaired) electrons. The van der Waals surface area contributed by atoms with Gasteiger partial charge in [0.1, 0.15) is 17.3 Å². The number of fused-ring (bicyclic) bond motifs is 2. The summed E-state index contributed by atoms with van der Waals surface area (Å²) in [6.07, 6.45) is 2.19. The highest BCUT2D eigenvalue weighted by molar-refractivity contribution is 7.90. The zero-order chi connectivity index (χ0) is 26.9. The van der Waals surface area contributed by atoms with E-state index in [1.807, 2.05) is 0 Å². The molecule has 0 saturated heterocycles. The number of carbonyl (C=O) groups is 1. The molecule has 0 atom stereocenters. The normalized spacial score (nSPS) is 14.7. The molecule has 1 aliphatic rings. The second-order valence-electron chi connectivity index (χ2n) is 9.61. The van der Waals surface area contributed by atoms with Crippen LogP contribution < -0.4 is 5.73 Å². The summed E-state index contributed by atoms with van der Waals surface area (Å²) in [6.45, 7) is 0. The van der Waals surface area contributed by atoms with Gasteiger partial charge in [0.25, 0.3) is 10.0 Å². The molecule has 9 nitrogen and oxygen atoms in total. The van der Waals surface area contributed by atoms with E-state index in [4.69, 9.17) is 5.73 Å².